The average molecular weight is 467 g/mol. The van der Waals surface area contributed by atoms with Gasteiger partial charge in [0.05, 0.1) is 18.5 Å². The topological polar surface area (TPSA) is 66.5 Å². The van der Waals surface area contributed by atoms with Crippen LogP contribution in [0, 0.1) is 5.41 Å². The van der Waals surface area contributed by atoms with Crippen LogP contribution < -0.4 is 9.62 Å². The van der Waals surface area contributed by atoms with E-state index >= 15 is 0 Å². The predicted molar refractivity (Wildman–Crippen MR) is 137 cm³/mol. The van der Waals surface area contributed by atoms with Gasteiger partial charge in [0, 0.05) is 11.1 Å². The second kappa shape index (κ2) is 9.18. The lowest BCUT2D eigenvalue weighted by atomic mass is 9.81. The van der Waals surface area contributed by atoms with E-state index in [1.165, 1.54) is 10.6 Å². The van der Waals surface area contributed by atoms with Gasteiger partial charge in [-0.2, -0.15) is 0 Å². The van der Waals surface area contributed by atoms with Crippen molar-refractivity contribution in [3.05, 3.63) is 77.9 Å². The lowest BCUT2D eigenvalue weighted by Crippen LogP contribution is -2.45. The molecule has 0 unspecified atom stereocenters. The molecule has 0 bridgehead atoms. The summed E-state index contributed by atoms with van der Waals surface area (Å²) in [6, 6.07) is 20.6. The molecule has 176 valence electrons. The molecule has 0 aliphatic rings. The van der Waals surface area contributed by atoms with Crippen LogP contribution in [0.25, 0.3) is 10.8 Å². The normalized spacial score (nSPS) is 12.5. The molecule has 0 aliphatic heterocycles. The fourth-order valence-corrected chi connectivity index (χ4v) is 5.29. The van der Waals surface area contributed by atoms with Crippen molar-refractivity contribution < 1.29 is 13.2 Å². The molecule has 0 aliphatic carbocycles. The average Bonchev–Trinajstić information content (AvgIpc) is 2.69. The Morgan fingerprint density at radius 3 is 2.06 bits per heavy atom. The van der Waals surface area contributed by atoms with Crippen LogP contribution in [0.1, 0.15) is 57.0 Å². The molecule has 0 heterocycles. The third kappa shape index (κ3) is 6.81. The van der Waals surface area contributed by atoms with Crippen LogP contribution in [0.3, 0.4) is 0 Å². The number of rotatable bonds is 7. The van der Waals surface area contributed by atoms with Crippen LogP contribution in [0.5, 0.6) is 0 Å². The summed E-state index contributed by atoms with van der Waals surface area (Å²) in [5.74, 6) is -0.134. The highest BCUT2D eigenvalue weighted by Crippen LogP contribution is 2.28. The maximum Gasteiger partial charge on any atom is 0.251 e. The molecule has 0 radical (unpaired) electrons. The van der Waals surface area contributed by atoms with Crippen molar-refractivity contribution in [1.82, 2.24) is 5.32 Å². The van der Waals surface area contributed by atoms with E-state index < -0.39 is 10.0 Å². The third-order valence-electron chi connectivity index (χ3n) is 5.39. The van der Waals surface area contributed by atoms with Gasteiger partial charge in [0.15, 0.2) is 0 Å². The largest absolute Gasteiger partial charge is 0.347 e. The van der Waals surface area contributed by atoms with Crippen LogP contribution in [0.2, 0.25) is 0 Å². The second-order valence-electron chi connectivity index (χ2n) is 10.6. The summed E-state index contributed by atoms with van der Waals surface area (Å²) in [5, 5.41) is 5.15. The van der Waals surface area contributed by atoms with Crippen molar-refractivity contribution in [3.63, 3.8) is 0 Å². The minimum atomic E-state index is -3.50. The lowest BCUT2D eigenvalue weighted by molar-refractivity contribution is 0.0891. The first kappa shape index (κ1) is 24.8. The third-order valence-corrected chi connectivity index (χ3v) is 6.53. The zero-order valence-corrected chi connectivity index (χ0v) is 21.2. The van der Waals surface area contributed by atoms with Crippen molar-refractivity contribution in [2.45, 2.75) is 53.1 Å². The molecular weight excluding hydrogens is 432 g/mol. The summed E-state index contributed by atoms with van der Waals surface area (Å²) in [4.78, 5) is 12.8. The first-order valence-electron chi connectivity index (χ1n) is 11.1. The molecule has 3 rings (SSSR count). The van der Waals surface area contributed by atoms with Gasteiger partial charge in [0.2, 0.25) is 10.0 Å². The van der Waals surface area contributed by atoms with Gasteiger partial charge in [-0.15, -0.1) is 0 Å². The highest BCUT2D eigenvalue weighted by Gasteiger charge is 2.27. The van der Waals surface area contributed by atoms with Crippen LogP contribution in [0.15, 0.2) is 66.7 Å². The number of anilines is 1. The molecule has 1 amide bonds. The molecule has 0 spiro atoms. The van der Waals surface area contributed by atoms with Gasteiger partial charge in [-0.3, -0.25) is 9.10 Å². The number of hydrogen-bond acceptors (Lipinski definition) is 3. The molecule has 3 aromatic carbocycles. The fraction of sp³-hybridized carbons (Fsp3) is 0.370. The number of amides is 1. The standard InChI is InChI=1S/C27H34N2O3S/c1-26(2,3)19-27(4,5)28-25(30)22-13-11-20(12-14-22)18-29(33(6,31)32)24-16-15-21-9-7-8-10-23(21)17-24/h7-17H,18-19H2,1-6H3,(H,28,30). The van der Waals surface area contributed by atoms with E-state index in [1.54, 1.807) is 12.1 Å². The Bertz CT molecular complexity index is 1240. The van der Waals surface area contributed by atoms with Crippen molar-refractivity contribution in [1.29, 1.82) is 0 Å². The van der Waals surface area contributed by atoms with Crippen molar-refractivity contribution in [3.8, 4) is 0 Å². The van der Waals surface area contributed by atoms with Gasteiger partial charge in [-0.25, -0.2) is 8.42 Å². The van der Waals surface area contributed by atoms with Crippen LogP contribution in [-0.2, 0) is 16.6 Å². The van der Waals surface area contributed by atoms with E-state index in [4.69, 9.17) is 0 Å². The summed E-state index contributed by atoms with van der Waals surface area (Å²) < 4.78 is 26.5. The second-order valence-corrected chi connectivity index (χ2v) is 12.5. The Kier molecular flexibility index (Phi) is 6.89. The predicted octanol–water partition coefficient (Wildman–Crippen LogP) is 5.75. The molecule has 3 aromatic rings. The number of sulfonamides is 1. The molecular formula is C27H34N2O3S. The van der Waals surface area contributed by atoms with Gasteiger partial charge in [0.1, 0.15) is 0 Å². The number of carbonyl (C=O) groups excluding carboxylic acids is 1. The SMILES string of the molecule is CC(C)(C)CC(C)(C)NC(=O)c1ccc(CN(c2ccc3ccccc3c2)S(C)(=O)=O)cc1. The summed E-state index contributed by atoms with van der Waals surface area (Å²) in [5.41, 5.74) is 1.73. The maximum absolute atomic E-state index is 12.8. The summed E-state index contributed by atoms with van der Waals surface area (Å²) >= 11 is 0. The van der Waals surface area contributed by atoms with Crippen LogP contribution in [-0.4, -0.2) is 26.1 Å². The highest BCUT2D eigenvalue weighted by molar-refractivity contribution is 7.92. The zero-order valence-electron chi connectivity index (χ0n) is 20.3. The van der Waals surface area contributed by atoms with Crippen molar-refractivity contribution in [2.24, 2.45) is 5.41 Å². The Morgan fingerprint density at radius 1 is 0.879 bits per heavy atom. The molecule has 5 nitrogen and oxygen atoms in total. The zero-order chi connectivity index (χ0) is 24.4. The lowest BCUT2D eigenvalue weighted by Gasteiger charge is -2.33. The van der Waals surface area contributed by atoms with E-state index in [1.807, 2.05) is 68.4 Å². The molecule has 0 aromatic heterocycles. The molecule has 0 saturated carbocycles. The van der Waals surface area contributed by atoms with Gasteiger partial charge < -0.3 is 5.32 Å². The van der Waals surface area contributed by atoms with Crippen LogP contribution >= 0.6 is 0 Å². The van der Waals surface area contributed by atoms with Gasteiger partial charge >= 0.3 is 0 Å². The van der Waals surface area contributed by atoms with Gasteiger partial charge in [-0.05, 0) is 66.3 Å². The number of carbonyl (C=O) groups is 1. The number of nitrogens with zero attached hydrogens (tertiary/aromatic N) is 1. The molecule has 0 fully saturated rings. The van der Waals surface area contributed by atoms with E-state index in [2.05, 4.69) is 26.1 Å². The van der Waals surface area contributed by atoms with E-state index in [9.17, 15) is 13.2 Å². The first-order chi connectivity index (χ1) is 15.2. The Hall–Kier alpha value is -2.86. The maximum atomic E-state index is 12.8. The monoisotopic (exact) mass is 466 g/mol. The van der Waals surface area contributed by atoms with E-state index in [0.29, 0.717) is 11.3 Å². The number of nitrogens with one attached hydrogen (secondary N) is 1. The fourth-order valence-electron chi connectivity index (χ4n) is 4.41. The van der Waals surface area contributed by atoms with Crippen molar-refractivity contribution >= 4 is 32.4 Å². The van der Waals surface area contributed by atoms with E-state index in [-0.39, 0.29) is 23.4 Å². The van der Waals surface area contributed by atoms with Crippen LogP contribution in [0.4, 0.5) is 5.69 Å². The minimum Gasteiger partial charge on any atom is -0.347 e. The highest BCUT2D eigenvalue weighted by atomic mass is 32.2. The summed E-state index contributed by atoms with van der Waals surface area (Å²) in [6.07, 6.45) is 2.06. The quantitative estimate of drug-likeness (QED) is 0.482. The van der Waals surface area contributed by atoms with Gasteiger partial charge in [-0.1, -0.05) is 63.2 Å². The molecule has 1 N–H and O–H groups in total. The Balaban J connectivity index is 1.79. The van der Waals surface area contributed by atoms with Crippen molar-refractivity contribution in [2.75, 3.05) is 10.6 Å². The number of fused-ring (bicyclic) bond motifs is 1. The smallest absolute Gasteiger partial charge is 0.251 e. The minimum absolute atomic E-state index is 0.0957. The first-order valence-corrected chi connectivity index (χ1v) is 13.0. The number of benzene rings is 3. The summed E-state index contributed by atoms with van der Waals surface area (Å²) in [6.45, 7) is 10.7. The summed E-state index contributed by atoms with van der Waals surface area (Å²) in [7, 11) is -3.50. The molecule has 6 heteroatoms. The molecule has 0 saturated heterocycles. The number of hydrogen-bond donors (Lipinski definition) is 1. The Morgan fingerprint density at radius 2 is 1.48 bits per heavy atom. The Labute approximate surface area is 197 Å². The van der Waals surface area contributed by atoms with Gasteiger partial charge in [0.25, 0.3) is 5.91 Å². The molecule has 33 heavy (non-hydrogen) atoms. The van der Waals surface area contributed by atoms with E-state index in [0.717, 1.165) is 22.8 Å². The molecule has 0 atom stereocenters.